The third-order valence-electron chi connectivity index (χ3n) is 4.33. The van der Waals surface area contributed by atoms with Crippen molar-refractivity contribution in [2.75, 3.05) is 6.61 Å². The van der Waals surface area contributed by atoms with E-state index >= 15 is 0 Å². The lowest BCUT2D eigenvalue weighted by molar-refractivity contribution is 0.285. The van der Waals surface area contributed by atoms with Gasteiger partial charge in [0, 0.05) is 11.1 Å². The first-order valence-corrected chi connectivity index (χ1v) is 8.09. The van der Waals surface area contributed by atoms with E-state index in [1.54, 1.807) is 0 Å². The van der Waals surface area contributed by atoms with E-state index in [1.165, 1.54) is 11.1 Å². The predicted octanol–water partition coefficient (Wildman–Crippen LogP) is 4.54. The predicted molar refractivity (Wildman–Crippen MR) is 90.1 cm³/mol. The van der Waals surface area contributed by atoms with Crippen molar-refractivity contribution in [1.29, 1.82) is 0 Å². The second-order valence-corrected chi connectivity index (χ2v) is 8.64. The summed E-state index contributed by atoms with van der Waals surface area (Å²) in [6, 6.07) is 6.45. The van der Waals surface area contributed by atoms with Crippen LogP contribution in [0.4, 0.5) is 0 Å². The van der Waals surface area contributed by atoms with Gasteiger partial charge in [0.1, 0.15) is 5.75 Å². The molecule has 21 heavy (non-hydrogen) atoms. The van der Waals surface area contributed by atoms with E-state index in [1.807, 2.05) is 0 Å². The smallest absolute Gasteiger partial charge is 0.123 e. The topological polar surface area (TPSA) is 35.2 Å². The van der Waals surface area contributed by atoms with Crippen molar-refractivity contribution in [2.24, 2.45) is 5.73 Å². The zero-order chi connectivity index (χ0) is 15.9. The lowest BCUT2D eigenvalue weighted by atomic mass is 9.75. The number of rotatable bonds is 4. The van der Waals surface area contributed by atoms with Gasteiger partial charge in [-0.15, -0.1) is 0 Å². The van der Waals surface area contributed by atoms with Crippen molar-refractivity contribution >= 4 is 0 Å². The van der Waals surface area contributed by atoms with E-state index in [-0.39, 0.29) is 16.4 Å². The van der Waals surface area contributed by atoms with Gasteiger partial charge in [-0.2, -0.15) is 0 Å². The zero-order valence-electron chi connectivity index (χ0n) is 14.5. The summed E-state index contributed by atoms with van der Waals surface area (Å²) >= 11 is 0. The highest BCUT2D eigenvalue weighted by Crippen LogP contribution is 2.40. The molecule has 0 amide bonds. The van der Waals surface area contributed by atoms with Crippen LogP contribution in [0.15, 0.2) is 18.2 Å². The Bertz CT molecular complexity index is 501. The van der Waals surface area contributed by atoms with E-state index in [2.05, 4.69) is 59.7 Å². The molecule has 0 aromatic heterocycles. The molecule has 0 aliphatic heterocycles. The van der Waals surface area contributed by atoms with Crippen LogP contribution in [0.3, 0.4) is 0 Å². The Morgan fingerprint density at radius 3 is 2.14 bits per heavy atom. The molecule has 0 unspecified atom stereocenters. The maximum atomic E-state index is 6.15. The maximum Gasteiger partial charge on any atom is 0.123 e. The fourth-order valence-corrected chi connectivity index (χ4v) is 2.82. The highest BCUT2D eigenvalue weighted by atomic mass is 16.5. The number of hydrogen-bond donors (Lipinski definition) is 1. The summed E-state index contributed by atoms with van der Waals surface area (Å²) in [5.74, 6) is 1.03. The molecule has 1 saturated carbocycles. The molecule has 0 bridgehead atoms. The standard InChI is InChI=1S/C19H31NO/c1-17(2,3)14-8-7-9-15(16(14)18(4,5)6)21-13-12-19(20)10-11-19/h7-9H,10-13,20H2,1-6H3. The number of hydrogen-bond acceptors (Lipinski definition) is 2. The largest absolute Gasteiger partial charge is 0.493 e. The van der Waals surface area contributed by atoms with Crippen LogP contribution in [0.1, 0.15) is 71.9 Å². The number of benzene rings is 1. The molecular formula is C19H31NO. The Kier molecular flexibility index (Phi) is 4.14. The molecule has 0 radical (unpaired) electrons. The van der Waals surface area contributed by atoms with E-state index in [9.17, 15) is 0 Å². The number of nitrogens with two attached hydrogens (primary N) is 1. The molecular weight excluding hydrogens is 258 g/mol. The van der Waals surface area contributed by atoms with Crippen LogP contribution in [0.2, 0.25) is 0 Å². The first-order chi connectivity index (χ1) is 9.53. The van der Waals surface area contributed by atoms with Crippen LogP contribution in [0.5, 0.6) is 5.75 Å². The van der Waals surface area contributed by atoms with Crippen LogP contribution in [-0.2, 0) is 10.8 Å². The lowest BCUT2D eigenvalue weighted by Crippen LogP contribution is -2.26. The minimum absolute atomic E-state index is 0.0591. The average Bonchev–Trinajstić information content (AvgIpc) is 3.04. The van der Waals surface area contributed by atoms with Crippen LogP contribution in [0.25, 0.3) is 0 Å². The second kappa shape index (κ2) is 5.31. The average molecular weight is 289 g/mol. The minimum Gasteiger partial charge on any atom is -0.493 e. The SMILES string of the molecule is CC(C)(C)c1cccc(OCCC2(N)CC2)c1C(C)(C)C. The Balaban J connectivity index is 2.27. The molecule has 0 saturated heterocycles. The molecule has 118 valence electrons. The number of ether oxygens (including phenoxy) is 1. The van der Waals surface area contributed by atoms with Crippen molar-refractivity contribution in [2.45, 2.75) is 77.2 Å². The van der Waals surface area contributed by atoms with Crippen molar-refractivity contribution in [1.82, 2.24) is 0 Å². The summed E-state index contributed by atoms with van der Waals surface area (Å²) < 4.78 is 6.14. The van der Waals surface area contributed by atoms with Gasteiger partial charge in [0.2, 0.25) is 0 Å². The normalized spacial score (nSPS) is 17.7. The van der Waals surface area contributed by atoms with Gasteiger partial charge in [0.25, 0.3) is 0 Å². The van der Waals surface area contributed by atoms with Gasteiger partial charge in [0.05, 0.1) is 6.61 Å². The molecule has 2 heteroatoms. The van der Waals surface area contributed by atoms with Crippen LogP contribution in [0, 0.1) is 0 Å². The maximum absolute atomic E-state index is 6.15. The highest BCUT2D eigenvalue weighted by molar-refractivity contribution is 5.47. The zero-order valence-corrected chi connectivity index (χ0v) is 14.5. The van der Waals surface area contributed by atoms with E-state index < -0.39 is 0 Å². The minimum atomic E-state index is 0.0591. The van der Waals surface area contributed by atoms with Gasteiger partial charge in [-0.3, -0.25) is 0 Å². The van der Waals surface area contributed by atoms with Crippen molar-refractivity contribution in [3.05, 3.63) is 29.3 Å². The first-order valence-electron chi connectivity index (χ1n) is 8.09. The second-order valence-electron chi connectivity index (χ2n) is 8.64. The summed E-state index contributed by atoms with van der Waals surface area (Å²) in [6.45, 7) is 14.3. The molecule has 1 aromatic carbocycles. The van der Waals surface area contributed by atoms with E-state index in [0.717, 1.165) is 25.0 Å². The van der Waals surface area contributed by atoms with Crippen LogP contribution >= 0.6 is 0 Å². The molecule has 2 nitrogen and oxygen atoms in total. The summed E-state index contributed by atoms with van der Waals surface area (Å²) in [7, 11) is 0. The van der Waals surface area contributed by atoms with Gasteiger partial charge < -0.3 is 10.5 Å². The molecule has 0 spiro atoms. The fourth-order valence-electron chi connectivity index (χ4n) is 2.82. The van der Waals surface area contributed by atoms with Crippen molar-refractivity contribution < 1.29 is 4.74 Å². The third kappa shape index (κ3) is 4.00. The van der Waals surface area contributed by atoms with Crippen LogP contribution < -0.4 is 10.5 Å². The van der Waals surface area contributed by atoms with E-state index in [0.29, 0.717) is 6.61 Å². The quantitative estimate of drug-likeness (QED) is 0.883. The molecule has 2 rings (SSSR count). The van der Waals surface area contributed by atoms with E-state index in [4.69, 9.17) is 10.5 Å². The van der Waals surface area contributed by atoms with Gasteiger partial charge in [0.15, 0.2) is 0 Å². The van der Waals surface area contributed by atoms with Crippen molar-refractivity contribution in [3.63, 3.8) is 0 Å². The monoisotopic (exact) mass is 289 g/mol. The molecule has 1 aliphatic carbocycles. The molecule has 1 fully saturated rings. The van der Waals surface area contributed by atoms with Gasteiger partial charge in [-0.25, -0.2) is 0 Å². The van der Waals surface area contributed by atoms with Crippen molar-refractivity contribution in [3.8, 4) is 5.75 Å². The van der Waals surface area contributed by atoms with Gasteiger partial charge >= 0.3 is 0 Å². The Labute approximate surface area is 130 Å². The first kappa shape index (κ1) is 16.4. The summed E-state index contributed by atoms with van der Waals surface area (Å²) in [4.78, 5) is 0. The molecule has 1 aliphatic rings. The Morgan fingerprint density at radius 2 is 1.67 bits per heavy atom. The molecule has 0 heterocycles. The van der Waals surface area contributed by atoms with Gasteiger partial charge in [-0.1, -0.05) is 53.7 Å². The summed E-state index contributed by atoms with van der Waals surface area (Å²) in [5.41, 5.74) is 9.11. The van der Waals surface area contributed by atoms with Crippen LogP contribution in [-0.4, -0.2) is 12.1 Å². The summed E-state index contributed by atoms with van der Waals surface area (Å²) in [5, 5.41) is 0. The lowest BCUT2D eigenvalue weighted by Gasteiger charge is -2.32. The molecule has 1 aromatic rings. The Hall–Kier alpha value is -1.02. The molecule has 2 N–H and O–H groups in total. The Morgan fingerprint density at radius 1 is 1.05 bits per heavy atom. The molecule has 0 atom stereocenters. The highest BCUT2D eigenvalue weighted by Gasteiger charge is 2.37. The van der Waals surface area contributed by atoms with Gasteiger partial charge in [-0.05, 0) is 41.7 Å². The fraction of sp³-hybridized carbons (Fsp3) is 0.684. The summed E-state index contributed by atoms with van der Waals surface area (Å²) in [6.07, 6.45) is 3.24. The third-order valence-corrected chi connectivity index (χ3v) is 4.33.